The van der Waals surface area contributed by atoms with E-state index < -0.39 is 5.60 Å². The van der Waals surface area contributed by atoms with Gasteiger partial charge in [0.1, 0.15) is 17.2 Å². The van der Waals surface area contributed by atoms with Crippen LogP contribution < -0.4 is 5.73 Å². The summed E-state index contributed by atoms with van der Waals surface area (Å²) in [4.78, 5) is 14.4. The number of nitrogens with zero attached hydrogens (tertiary/aromatic N) is 4. The fraction of sp³-hybridized carbons (Fsp3) is 0.250. The number of rotatable bonds is 4. The van der Waals surface area contributed by atoms with Crippen LogP contribution in [0, 0.1) is 13.0 Å². The second-order valence-corrected chi connectivity index (χ2v) is 9.32. The van der Waals surface area contributed by atoms with Gasteiger partial charge in [-0.05, 0) is 48.5 Å². The first kappa shape index (κ1) is 24.0. The minimum atomic E-state index is -0.596. The Hall–Kier alpha value is -2.67. The fourth-order valence-electron chi connectivity index (χ4n) is 5.16. The summed E-state index contributed by atoms with van der Waals surface area (Å²) in [6.45, 7) is 4.10. The molecule has 0 atom stereocenters. The number of aromatic nitrogens is 4. The maximum atomic E-state index is 10.6. The Bertz CT molecular complexity index is 1540. The number of pyridine rings is 1. The molecule has 3 aromatic heterocycles. The third-order valence-corrected chi connectivity index (χ3v) is 7.24. The number of nitrogen functional groups attached to an aromatic ring is 1. The first-order chi connectivity index (χ1) is 16.5. The summed E-state index contributed by atoms with van der Waals surface area (Å²) in [5.74, 6) is 1.55. The number of anilines is 1. The molecule has 6 nitrogen and oxygen atoms in total. The molecule has 35 heavy (non-hydrogen) atoms. The van der Waals surface area contributed by atoms with E-state index in [1.807, 2.05) is 47.9 Å². The Labute approximate surface area is 229 Å². The Balaban J connectivity index is 0.00000253. The molecule has 1 aliphatic rings. The Morgan fingerprint density at radius 3 is 2.66 bits per heavy atom. The van der Waals surface area contributed by atoms with Gasteiger partial charge in [-0.15, -0.1) is 23.6 Å². The number of benzene rings is 2. The van der Waals surface area contributed by atoms with Gasteiger partial charge in [0, 0.05) is 51.0 Å². The average Bonchev–Trinajstić information content (AvgIpc) is 3.23. The molecular weight excluding hydrogens is 511 g/mol. The normalized spacial score (nSPS) is 19.5. The number of aliphatic hydroxyl groups is 1. The van der Waals surface area contributed by atoms with E-state index in [1.165, 1.54) is 0 Å². The Morgan fingerprint density at radius 1 is 1.14 bits per heavy atom. The van der Waals surface area contributed by atoms with E-state index in [4.69, 9.17) is 15.7 Å². The van der Waals surface area contributed by atoms with Crippen LogP contribution in [0.25, 0.3) is 38.9 Å². The molecule has 173 valence electrons. The number of nitrogens with two attached hydrogens (primary N) is 1. The van der Waals surface area contributed by atoms with Crippen LogP contribution in [-0.2, 0) is 32.7 Å². The molecule has 5 aromatic rings. The van der Waals surface area contributed by atoms with Gasteiger partial charge in [0.2, 0.25) is 0 Å². The van der Waals surface area contributed by atoms with E-state index in [2.05, 4.69) is 36.2 Å². The molecule has 3 heterocycles. The minimum absolute atomic E-state index is 0. The molecule has 1 fully saturated rings. The fourth-order valence-corrected chi connectivity index (χ4v) is 5.16. The molecule has 1 radical (unpaired) electrons. The summed E-state index contributed by atoms with van der Waals surface area (Å²) < 4.78 is 2.04. The van der Waals surface area contributed by atoms with Crippen molar-refractivity contribution < 1.29 is 37.8 Å². The van der Waals surface area contributed by atoms with Gasteiger partial charge in [0.25, 0.3) is 0 Å². The van der Waals surface area contributed by atoms with Crippen molar-refractivity contribution in [2.45, 2.75) is 44.6 Å². The summed E-state index contributed by atoms with van der Waals surface area (Å²) in [6, 6.07) is 19.6. The number of fused-ring (bicyclic) bond motifs is 2. The van der Waals surface area contributed by atoms with Gasteiger partial charge in [-0.3, -0.25) is 4.40 Å². The van der Waals surface area contributed by atoms with E-state index in [0.29, 0.717) is 18.7 Å². The smallest absolute Gasteiger partial charge is 0.150 e. The zero-order valence-electron chi connectivity index (χ0n) is 19.9. The van der Waals surface area contributed by atoms with Crippen molar-refractivity contribution in [3.8, 4) is 22.5 Å². The second-order valence-electron chi connectivity index (χ2n) is 9.32. The second kappa shape index (κ2) is 9.09. The number of hydrogen-bond acceptors (Lipinski definition) is 5. The molecule has 7 heteroatoms. The van der Waals surface area contributed by atoms with Crippen LogP contribution >= 0.6 is 0 Å². The van der Waals surface area contributed by atoms with Crippen LogP contribution in [-0.4, -0.2) is 30.1 Å². The van der Waals surface area contributed by atoms with Gasteiger partial charge in [-0.1, -0.05) is 48.9 Å². The van der Waals surface area contributed by atoms with E-state index >= 15 is 0 Å². The van der Waals surface area contributed by atoms with Crippen LogP contribution in [0.4, 0.5) is 5.82 Å². The van der Waals surface area contributed by atoms with Crippen LogP contribution in [0.2, 0.25) is 0 Å². The predicted molar refractivity (Wildman–Crippen MR) is 134 cm³/mol. The summed E-state index contributed by atoms with van der Waals surface area (Å²) in [7, 11) is 0. The molecule has 3 N–H and O–H groups in total. The van der Waals surface area contributed by atoms with Gasteiger partial charge in [-0.25, -0.2) is 9.97 Å². The summed E-state index contributed by atoms with van der Waals surface area (Å²) in [6.07, 6.45) is 5.78. The van der Waals surface area contributed by atoms with E-state index in [1.54, 1.807) is 6.20 Å². The van der Waals surface area contributed by atoms with Crippen molar-refractivity contribution in [3.05, 3.63) is 78.4 Å². The van der Waals surface area contributed by atoms with Crippen LogP contribution in [0.1, 0.15) is 43.5 Å². The molecule has 1 saturated carbocycles. The molecule has 0 bridgehead atoms. The monoisotopic (exact) mass is 537 g/mol. The van der Waals surface area contributed by atoms with Crippen molar-refractivity contribution in [1.82, 2.24) is 19.4 Å². The Kier molecular flexibility index (Phi) is 6.24. The van der Waals surface area contributed by atoms with E-state index in [-0.39, 0.29) is 38.6 Å². The van der Waals surface area contributed by atoms with Crippen molar-refractivity contribution in [2.75, 3.05) is 5.73 Å². The van der Waals surface area contributed by atoms with Gasteiger partial charge < -0.3 is 15.8 Å². The first-order valence-corrected chi connectivity index (χ1v) is 11.7. The zero-order valence-corrected chi connectivity index (χ0v) is 22.7. The maximum Gasteiger partial charge on any atom is 0.150 e. The summed E-state index contributed by atoms with van der Waals surface area (Å²) in [5.41, 5.74) is 12.2. The SMILES string of the molecule is CCC1(O)CC(c2nc(-c3ccc4[c-]cc(-c5ccccc5)nc4c3C)c3c(N)nccn23)C1.[Y]. The van der Waals surface area contributed by atoms with Crippen LogP contribution in [0.15, 0.2) is 60.9 Å². The standard InChI is InChI=1S/C28H26N5O.Y/c1-3-28(34)15-20(16-28)27-32-24(25-26(29)30-13-14-33(25)27)21-11-9-19-10-12-22(31-23(19)17(21)2)18-7-5-4-6-8-18;/h4-9,11-14,20,34H,3,15-16H2,1-2H3,(H2,29,30);/q-1;. The number of imidazole rings is 1. The van der Waals surface area contributed by atoms with E-state index in [9.17, 15) is 5.11 Å². The first-order valence-electron chi connectivity index (χ1n) is 11.7. The zero-order chi connectivity index (χ0) is 23.4. The van der Waals surface area contributed by atoms with Gasteiger partial charge >= 0.3 is 0 Å². The molecule has 1 aliphatic carbocycles. The number of aryl methyl sites for hydroxylation is 1. The molecule has 0 unspecified atom stereocenters. The van der Waals surface area contributed by atoms with Crippen molar-refractivity contribution in [1.29, 1.82) is 0 Å². The molecular formula is C28H26N5OY-. The molecule has 0 saturated heterocycles. The van der Waals surface area contributed by atoms with Crippen molar-refractivity contribution >= 4 is 22.2 Å². The predicted octanol–water partition coefficient (Wildman–Crippen LogP) is 5.32. The van der Waals surface area contributed by atoms with Crippen molar-refractivity contribution in [3.63, 3.8) is 0 Å². The van der Waals surface area contributed by atoms with Crippen LogP contribution in [0.5, 0.6) is 0 Å². The van der Waals surface area contributed by atoms with Gasteiger partial charge in [0.15, 0.2) is 0 Å². The third-order valence-electron chi connectivity index (χ3n) is 7.24. The molecule has 0 amide bonds. The largest absolute Gasteiger partial charge is 0.390 e. The number of hydrogen-bond donors (Lipinski definition) is 2. The Morgan fingerprint density at radius 2 is 1.91 bits per heavy atom. The minimum Gasteiger partial charge on any atom is -0.390 e. The van der Waals surface area contributed by atoms with E-state index in [0.717, 1.165) is 56.7 Å². The summed E-state index contributed by atoms with van der Waals surface area (Å²) in [5, 5.41) is 11.6. The third kappa shape index (κ3) is 3.98. The molecule has 6 rings (SSSR count). The maximum absolute atomic E-state index is 10.6. The van der Waals surface area contributed by atoms with Gasteiger partial charge in [0.05, 0.1) is 11.3 Å². The molecule has 0 aliphatic heterocycles. The molecule has 2 aromatic carbocycles. The van der Waals surface area contributed by atoms with Crippen LogP contribution in [0.3, 0.4) is 0 Å². The molecule has 0 spiro atoms. The average molecular weight is 537 g/mol. The quantitative estimate of drug-likeness (QED) is 0.303. The summed E-state index contributed by atoms with van der Waals surface area (Å²) >= 11 is 0. The van der Waals surface area contributed by atoms with Gasteiger partial charge in [-0.2, -0.15) is 0 Å². The topological polar surface area (TPSA) is 89.3 Å². The van der Waals surface area contributed by atoms with Crippen molar-refractivity contribution in [2.24, 2.45) is 0 Å².